The Bertz CT molecular complexity index is 299. The second-order valence-corrected chi connectivity index (χ2v) is 4.33. The van der Waals surface area contributed by atoms with E-state index in [-0.39, 0.29) is 0 Å². The number of rotatable bonds is 2. The topological polar surface area (TPSA) is 12.0 Å². The van der Waals surface area contributed by atoms with Crippen LogP contribution in [0.2, 0.25) is 0 Å². The Labute approximate surface area is 90.7 Å². The highest BCUT2D eigenvalue weighted by Gasteiger charge is 2.15. The van der Waals surface area contributed by atoms with Crippen molar-refractivity contribution < 1.29 is 4.39 Å². The Kier molecular flexibility index (Phi) is 3.37. The van der Waals surface area contributed by atoms with Gasteiger partial charge >= 0.3 is 0 Å². The van der Waals surface area contributed by atoms with Gasteiger partial charge in [0.15, 0.2) is 0 Å². The van der Waals surface area contributed by atoms with Gasteiger partial charge in [0.25, 0.3) is 0 Å². The number of hydrogen-bond donors (Lipinski definition) is 1. The summed E-state index contributed by atoms with van der Waals surface area (Å²) in [6.07, 6.45) is 1.63. The highest BCUT2D eigenvalue weighted by Crippen LogP contribution is 2.25. The van der Waals surface area contributed by atoms with Crippen molar-refractivity contribution in [2.24, 2.45) is 0 Å². The van der Waals surface area contributed by atoms with E-state index in [1.54, 1.807) is 6.92 Å². The van der Waals surface area contributed by atoms with Crippen LogP contribution in [-0.4, -0.2) is 13.1 Å². The van der Waals surface area contributed by atoms with Gasteiger partial charge in [0.1, 0.15) is 6.17 Å². The van der Waals surface area contributed by atoms with Crippen LogP contribution in [0.15, 0.2) is 24.3 Å². The summed E-state index contributed by atoms with van der Waals surface area (Å²) in [5, 5.41) is 3.40. The Balaban J connectivity index is 2.08. The molecule has 1 aliphatic heterocycles. The van der Waals surface area contributed by atoms with E-state index in [4.69, 9.17) is 0 Å². The summed E-state index contributed by atoms with van der Waals surface area (Å²) in [5.41, 5.74) is 2.12. The zero-order valence-corrected chi connectivity index (χ0v) is 9.17. The van der Waals surface area contributed by atoms with Crippen LogP contribution in [-0.2, 0) is 0 Å². The summed E-state index contributed by atoms with van der Waals surface area (Å²) < 4.78 is 13.0. The van der Waals surface area contributed by atoms with Gasteiger partial charge < -0.3 is 5.32 Å². The van der Waals surface area contributed by atoms with Crippen LogP contribution in [0.1, 0.15) is 43.0 Å². The smallest absolute Gasteiger partial charge is 0.122 e. The Morgan fingerprint density at radius 1 is 1.33 bits per heavy atom. The monoisotopic (exact) mass is 207 g/mol. The molecule has 0 bridgehead atoms. The summed E-state index contributed by atoms with van der Waals surface area (Å²) in [6, 6.07) is 7.97. The molecule has 2 unspecified atom stereocenters. The molecule has 0 spiro atoms. The molecule has 1 fully saturated rings. The molecule has 2 rings (SSSR count). The Hall–Kier alpha value is -0.890. The van der Waals surface area contributed by atoms with E-state index in [2.05, 4.69) is 17.4 Å². The first kappa shape index (κ1) is 10.6. The lowest BCUT2D eigenvalue weighted by Gasteiger charge is -2.23. The van der Waals surface area contributed by atoms with E-state index in [1.807, 2.05) is 12.1 Å². The quantitative estimate of drug-likeness (QED) is 0.785. The molecule has 0 radical (unpaired) electrons. The van der Waals surface area contributed by atoms with Gasteiger partial charge in [-0.2, -0.15) is 0 Å². The number of benzene rings is 1. The van der Waals surface area contributed by atoms with E-state index < -0.39 is 6.17 Å². The lowest BCUT2D eigenvalue weighted by Crippen LogP contribution is -2.28. The molecule has 1 nitrogen and oxygen atoms in total. The minimum absolute atomic E-state index is 0.614. The van der Waals surface area contributed by atoms with Crippen molar-refractivity contribution in [3.05, 3.63) is 35.4 Å². The van der Waals surface area contributed by atoms with Crippen LogP contribution < -0.4 is 5.32 Å². The zero-order chi connectivity index (χ0) is 10.7. The molecule has 0 amide bonds. The van der Waals surface area contributed by atoms with Crippen molar-refractivity contribution >= 4 is 0 Å². The third kappa shape index (κ3) is 2.57. The Morgan fingerprint density at radius 2 is 2.07 bits per heavy atom. The lowest BCUT2D eigenvalue weighted by atomic mass is 9.91. The number of hydrogen-bond acceptors (Lipinski definition) is 1. The number of piperidine rings is 1. The fourth-order valence-corrected chi connectivity index (χ4v) is 2.17. The molecule has 1 aliphatic rings. The first-order chi connectivity index (χ1) is 7.27. The summed E-state index contributed by atoms with van der Waals surface area (Å²) in [7, 11) is 0. The van der Waals surface area contributed by atoms with Crippen molar-refractivity contribution in [2.75, 3.05) is 13.1 Å². The molecule has 1 N–H and O–H groups in total. The number of nitrogens with one attached hydrogen (secondary N) is 1. The van der Waals surface area contributed by atoms with Gasteiger partial charge in [-0.15, -0.1) is 0 Å². The van der Waals surface area contributed by atoms with Gasteiger partial charge in [-0.25, -0.2) is 4.39 Å². The maximum Gasteiger partial charge on any atom is 0.122 e. The molecule has 2 atom stereocenters. The largest absolute Gasteiger partial charge is 0.316 e. The first-order valence-corrected chi connectivity index (χ1v) is 5.72. The van der Waals surface area contributed by atoms with Crippen LogP contribution >= 0.6 is 0 Å². The van der Waals surface area contributed by atoms with Crippen molar-refractivity contribution in [3.8, 4) is 0 Å². The summed E-state index contributed by atoms with van der Waals surface area (Å²) in [6.45, 7) is 3.78. The van der Waals surface area contributed by atoms with Crippen LogP contribution in [0.25, 0.3) is 0 Å². The van der Waals surface area contributed by atoms with Crippen molar-refractivity contribution in [2.45, 2.75) is 31.9 Å². The molecule has 0 aliphatic carbocycles. The van der Waals surface area contributed by atoms with E-state index >= 15 is 0 Å². The average Bonchev–Trinajstić information content (AvgIpc) is 2.30. The molecule has 1 saturated heterocycles. The first-order valence-electron chi connectivity index (χ1n) is 5.72. The number of halogens is 1. The molecule has 1 aromatic carbocycles. The minimum atomic E-state index is -0.858. The third-order valence-electron chi connectivity index (χ3n) is 3.16. The fourth-order valence-electron chi connectivity index (χ4n) is 2.17. The van der Waals surface area contributed by atoms with Gasteiger partial charge in [0.05, 0.1) is 0 Å². The molecule has 15 heavy (non-hydrogen) atoms. The lowest BCUT2D eigenvalue weighted by molar-refractivity contribution is 0.374. The molecule has 1 heterocycles. The Morgan fingerprint density at radius 3 is 2.60 bits per heavy atom. The van der Waals surface area contributed by atoms with Gasteiger partial charge in [0.2, 0.25) is 0 Å². The van der Waals surface area contributed by atoms with E-state index in [9.17, 15) is 4.39 Å². The molecule has 1 aromatic rings. The maximum atomic E-state index is 13.0. The predicted octanol–water partition coefficient (Wildman–Crippen LogP) is 3.18. The van der Waals surface area contributed by atoms with Crippen LogP contribution in [0.4, 0.5) is 4.39 Å². The predicted molar refractivity (Wildman–Crippen MR) is 60.8 cm³/mol. The van der Waals surface area contributed by atoms with Gasteiger partial charge in [-0.3, -0.25) is 0 Å². The van der Waals surface area contributed by atoms with Crippen LogP contribution in [0.3, 0.4) is 0 Å². The number of alkyl halides is 1. The summed E-state index contributed by atoms with van der Waals surface area (Å²) in [4.78, 5) is 0. The van der Waals surface area contributed by atoms with Crippen molar-refractivity contribution in [1.29, 1.82) is 0 Å². The molecular weight excluding hydrogens is 189 g/mol. The second kappa shape index (κ2) is 4.75. The van der Waals surface area contributed by atoms with Gasteiger partial charge in [-0.05, 0) is 43.4 Å². The molecular formula is C13H18FN. The average molecular weight is 207 g/mol. The standard InChI is InChI=1S/C13H18FN/c1-10(14)11-4-6-12(7-5-11)13-3-2-8-15-9-13/h4-7,10,13,15H,2-3,8-9H2,1H3. The molecule has 2 heteroatoms. The summed E-state index contributed by atoms with van der Waals surface area (Å²) >= 11 is 0. The zero-order valence-electron chi connectivity index (χ0n) is 9.17. The van der Waals surface area contributed by atoms with Crippen LogP contribution in [0.5, 0.6) is 0 Å². The highest BCUT2D eigenvalue weighted by atomic mass is 19.1. The maximum absolute atomic E-state index is 13.0. The van der Waals surface area contributed by atoms with Gasteiger partial charge in [-0.1, -0.05) is 24.3 Å². The second-order valence-electron chi connectivity index (χ2n) is 4.33. The van der Waals surface area contributed by atoms with E-state index in [0.717, 1.165) is 18.7 Å². The molecule has 0 saturated carbocycles. The van der Waals surface area contributed by atoms with Gasteiger partial charge in [0, 0.05) is 6.54 Å². The molecule has 82 valence electrons. The summed E-state index contributed by atoms with van der Waals surface area (Å²) in [5.74, 6) is 0.614. The van der Waals surface area contributed by atoms with Crippen molar-refractivity contribution in [1.82, 2.24) is 5.32 Å². The fraction of sp³-hybridized carbons (Fsp3) is 0.538. The van der Waals surface area contributed by atoms with E-state index in [0.29, 0.717) is 5.92 Å². The van der Waals surface area contributed by atoms with E-state index in [1.165, 1.54) is 18.4 Å². The van der Waals surface area contributed by atoms with Crippen LogP contribution in [0, 0.1) is 0 Å². The van der Waals surface area contributed by atoms with Crippen molar-refractivity contribution in [3.63, 3.8) is 0 Å². The third-order valence-corrected chi connectivity index (χ3v) is 3.16. The SMILES string of the molecule is CC(F)c1ccc(C2CCCNC2)cc1. The molecule has 0 aromatic heterocycles. The minimum Gasteiger partial charge on any atom is -0.316 e. The normalized spacial score (nSPS) is 23.7. The highest BCUT2D eigenvalue weighted by molar-refractivity contribution is 5.27.